The number of hydrogen-bond acceptors (Lipinski definition) is 2. The van der Waals surface area contributed by atoms with Crippen LogP contribution in [0.3, 0.4) is 0 Å². The molecule has 0 radical (unpaired) electrons. The monoisotopic (exact) mass is 301 g/mol. The van der Waals surface area contributed by atoms with E-state index in [9.17, 15) is 8.60 Å². The number of halogens is 2. The van der Waals surface area contributed by atoms with E-state index in [1.54, 1.807) is 6.20 Å². The van der Waals surface area contributed by atoms with Crippen LogP contribution in [0.15, 0.2) is 23.0 Å². The Balaban J connectivity index is 2.45. The minimum absolute atomic E-state index is 0.0135. The van der Waals surface area contributed by atoms with Crippen molar-refractivity contribution in [1.82, 2.24) is 9.38 Å². The second-order valence-corrected chi connectivity index (χ2v) is 7.30. The van der Waals surface area contributed by atoms with Crippen molar-refractivity contribution in [2.24, 2.45) is 4.40 Å². The summed E-state index contributed by atoms with van der Waals surface area (Å²) in [5.41, 5.74) is 0.528. The molecule has 0 spiro atoms. The molecule has 2 rings (SSSR count). The maximum absolute atomic E-state index is 13.9. The van der Waals surface area contributed by atoms with Crippen molar-refractivity contribution in [3.05, 3.63) is 35.1 Å². The van der Waals surface area contributed by atoms with Gasteiger partial charge in [0.2, 0.25) is 0 Å². The summed E-state index contributed by atoms with van der Waals surface area (Å²) in [5.74, 6) is -0.565. The van der Waals surface area contributed by atoms with E-state index in [0.717, 1.165) is 0 Å². The summed E-state index contributed by atoms with van der Waals surface area (Å²) in [4.78, 5) is 4.03. The molecule has 0 aliphatic heterocycles. The Bertz CT molecular complexity index is 675. The normalized spacial score (nSPS) is 14.4. The van der Waals surface area contributed by atoms with E-state index in [4.69, 9.17) is 11.6 Å². The van der Waals surface area contributed by atoms with Gasteiger partial charge in [0.25, 0.3) is 0 Å². The Morgan fingerprint density at radius 2 is 2.21 bits per heavy atom. The summed E-state index contributed by atoms with van der Waals surface area (Å²) < 4.78 is 30.7. The fraction of sp³-hybridized carbons (Fsp3) is 0.333. The van der Waals surface area contributed by atoms with E-state index < -0.39 is 21.5 Å². The summed E-state index contributed by atoms with van der Waals surface area (Å²) >= 11 is 5.73. The maximum Gasteiger partial charge on any atom is 0.168 e. The second-order valence-electron chi connectivity index (χ2n) is 4.96. The van der Waals surface area contributed by atoms with E-state index in [-0.39, 0.29) is 10.5 Å². The molecule has 0 saturated heterocycles. The molecular weight excluding hydrogens is 289 g/mol. The first-order valence-corrected chi connectivity index (χ1v) is 7.06. The fourth-order valence-electron chi connectivity index (χ4n) is 1.40. The summed E-state index contributed by atoms with van der Waals surface area (Å²) in [6.45, 7) is 5.43. The lowest BCUT2D eigenvalue weighted by Gasteiger charge is -2.12. The van der Waals surface area contributed by atoms with Gasteiger partial charge in [0, 0.05) is 6.20 Å². The molecule has 0 N–H and O–H groups in total. The molecule has 19 heavy (non-hydrogen) atoms. The van der Waals surface area contributed by atoms with Crippen LogP contribution in [-0.2, 0) is 11.0 Å². The molecule has 0 aromatic carbocycles. The van der Waals surface area contributed by atoms with Gasteiger partial charge in [-0.2, -0.15) is 4.40 Å². The van der Waals surface area contributed by atoms with Crippen LogP contribution in [-0.4, -0.2) is 24.6 Å². The first-order valence-electron chi connectivity index (χ1n) is 5.57. The van der Waals surface area contributed by atoms with Crippen LogP contribution in [0.25, 0.3) is 5.52 Å². The highest BCUT2D eigenvalue weighted by molar-refractivity contribution is 7.85. The molecule has 0 bridgehead atoms. The van der Waals surface area contributed by atoms with Gasteiger partial charge < -0.3 is 4.40 Å². The Hall–Kier alpha value is -1.27. The zero-order valence-corrected chi connectivity index (χ0v) is 12.3. The van der Waals surface area contributed by atoms with Crippen molar-refractivity contribution in [1.29, 1.82) is 0 Å². The maximum atomic E-state index is 13.9. The average Bonchev–Trinajstić information content (AvgIpc) is 2.73. The molecule has 0 aliphatic rings. The van der Waals surface area contributed by atoms with E-state index in [1.165, 1.54) is 23.0 Å². The highest BCUT2D eigenvalue weighted by Crippen LogP contribution is 2.21. The third-order valence-corrected chi connectivity index (χ3v) is 4.05. The Morgan fingerprint density at radius 1 is 1.53 bits per heavy atom. The van der Waals surface area contributed by atoms with Crippen LogP contribution in [0.1, 0.15) is 26.5 Å². The standard InChI is InChI=1S/C12H13ClFN3OS/c1-12(2,3)19(18)16-6-9-11-10(14)8(13)4-5-17(11)7-15-9/h4-7H,1-3H3/b16-6+. The van der Waals surface area contributed by atoms with Gasteiger partial charge in [0.1, 0.15) is 28.5 Å². The van der Waals surface area contributed by atoms with Crippen molar-refractivity contribution in [2.45, 2.75) is 25.5 Å². The van der Waals surface area contributed by atoms with Gasteiger partial charge in [-0.15, -0.1) is 0 Å². The van der Waals surface area contributed by atoms with Crippen molar-refractivity contribution in [3.63, 3.8) is 0 Å². The zero-order valence-electron chi connectivity index (χ0n) is 10.7. The predicted molar refractivity (Wildman–Crippen MR) is 75.6 cm³/mol. The second kappa shape index (κ2) is 5.02. The van der Waals surface area contributed by atoms with Crippen molar-refractivity contribution in [2.75, 3.05) is 0 Å². The summed E-state index contributed by atoms with van der Waals surface area (Å²) in [6, 6.07) is 1.44. The predicted octanol–water partition coefficient (Wildman–Crippen LogP) is 3.01. The summed E-state index contributed by atoms with van der Waals surface area (Å²) in [6.07, 6.45) is 4.37. The minimum Gasteiger partial charge on any atom is -0.303 e. The van der Waals surface area contributed by atoms with Crippen LogP contribution < -0.4 is 0 Å². The average molecular weight is 302 g/mol. The van der Waals surface area contributed by atoms with E-state index in [2.05, 4.69) is 9.38 Å². The van der Waals surface area contributed by atoms with Crippen LogP contribution in [0.5, 0.6) is 0 Å². The molecule has 0 saturated carbocycles. The van der Waals surface area contributed by atoms with Gasteiger partial charge in [0.05, 0.1) is 16.0 Å². The highest BCUT2D eigenvalue weighted by Gasteiger charge is 2.19. The molecule has 7 heteroatoms. The van der Waals surface area contributed by atoms with Crippen LogP contribution >= 0.6 is 11.6 Å². The molecule has 1 unspecified atom stereocenters. The van der Waals surface area contributed by atoms with Gasteiger partial charge >= 0.3 is 0 Å². The largest absolute Gasteiger partial charge is 0.303 e. The number of pyridine rings is 1. The summed E-state index contributed by atoms with van der Waals surface area (Å²) in [7, 11) is -1.41. The first-order chi connectivity index (χ1) is 8.80. The van der Waals surface area contributed by atoms with E-state index in [1.807, 2.05) is 20.8 Å². The lowest BCUT2D eigenvalue weighted by molar-refractivity contribution is 0.633. The van der Waals surface area contributed by atoms with Crippen LogP contribution in [0.4, 0.5) is 4.39 Å². The Morgan fingerprint density at radius 3 is 2.84 bits per heavy atom. The highest BCUT2D eigenvalue weighted by atomic mass is 35.5. The Kier molecular flexibility index (Phi) is 3.73. The minimum atomic E-state index is -1.41. The van der Waals surface area contributed by atoms with E-state index >= 15 is 0 Å². The molecule has 2 aromatic rings. The number of aromatic nitrogens is 2. The molecule has 0 fully saturated rings. The fourth-order valence-corrected chi connectivity index (χ4v) is 2.05. The van der Waals surface area contributed by atoms with Gasteiger partial charge in [-0.05, 0) is 26.8 Å². The third-order valence-electron chi connectivity index (χ3n) is 2.42. The van der Waals surface area contributed by atoms with Gasteiger partial charge in [-0.3, -0.25) is 0 Å². The van der Waals surface area contributed by atoms with Crippen molar-refractivity contribution in [3.8, 4) is 0 Å². The topological polar surface area (TPSA) is 46.7 Å². The molecule has 0 amide bonds. The molecular formula is C12H13ClFN3OS. The van der Waals surface area contributed by atoms with Crippen LogP contribution in [0.2, 0.25) is 5.02 Å². The number of fused-ring (bicyclic) bond motifs is 1. The Labute approximate surface area is 117 Å². The molecule has 4 nitrogen and oxygen atoms in total. The number of nitrogens with zero attached hydrogens (tertiary/aromatic N) is 3. The number of imidazole rings is 1. The lowest BCUT2D eigenvalue weighted by Crippen LogP contribution is -2.19. The molecule has 2 heterocycles. The smallest absolute Gasteiger partial charge is 0.168 e. The SMILES string of the molecule is CC(C)(C)S(=O)/N=C/c1ncn2ccc(Cl)c(F)c12. The molecule has 0 aliphatic carbocycles. The number of rotatable bonds is 2. The molecule has 2 aromatic heterocycles. The van der Waals surface area contributed by atoms with Crippen molar-refractivity contribution < 1.29 is 8.60 Å². The van der Waals surface area contributed by atoms with Crippen LogP contribution in [0, 0.1) is 5.82 Å². The third kappa shape index (κ3) is 2.84. The quantitative estimate of drug-likeness (QED) is 0.801. The van der Waals surface area contributed by atoms with Crippen molar-refractivity contribution >= 4 is 34.3 Å². The lowest BCUT2D eigenvalue weighted by atomic mass is 10.3. The first kappa shape index (κ1) is 14.1. The van der Waals surface area contributed by atoms with Gasteiger partial charge in [0.15, 0.2) is 5.82 Å². The van der Waals surface area contributed by atoms with E-state index in [0.29, 0.717) is 5.69 Å². The van der Waals surface area contributed by atoms with Gasteiger partial charge in [-0.25, -0.2) is 13.6 Å². The molecule has 102 valence electrons. The zero-order chi connectivity index (χ0) is 14.2. The summed E-state index contributed by atoms with van der Waals surface area (Å²) in [5, 5.41) is 0.0135. The van der Waals surface area contributed by atoms with Gasteiger partial charge in [-0.1, -0.05) is 11.6 Å². The number of hydrogen-bond donors (Lipinski definition) is 0. The molecule has 1 atom stereocenters.